The van der Waals surface area contributed by atoms with Gasteiger partial charge in [-0.3, -0.25) is 4.98 Å². The number of methoxy groups -OCH3 is 1. The zero-order chi connectivity index (χ0) is 19.1. The predicted molar refractivity (Wildman–Crippen MR) is 110 cm³/mol. The Morgan fingerprint density at radius 1 is 1.11 bits per heavy atom. The maximum atomic E-state index is 5.22. The number of benzene rings is 2. The lowest BCUT2D eigenvalue weighted by Gasteiger charge is -2.32. The molecule has 3 heterocycles. The Morgan fingerprint density at radius 2 is 2.00 bits per heavy atom. The average molecular weight is 370 g/mol. The summed E-state index contributed by atoms with van der Waals surface area (Å²) in [5.74, 6) is 0.856. The summed E-state index contributed by atoms with van der Waals surface area (Å²) in [6.07, 6.45) is 3.41. The normalized spacial score (nSPS) is 16.9. The zero-order valence-corrected chi connectivity index (χ0v) is 16.0. The molecule has 0 amide bonds. The lowest BCUT2D eigenvalue weighted by atomic mass is 9.86. The average Bonchev–Trinajstić information content (AvgIpc) is 3.17. The summed E-state index contributed by atoms with van der Waals surface area (Å²) >= 11 is 0. The van der Waals surface area contributed by atoms with Crippen molar-refractivity contribution in [1.82, 2.24) is 19.9 Å². The maximum absolute atomic E-state index is 5.22. The van der Waals surface area contributed by atoms with Gasteiger partial charge in [0.05, 0.1) is 25.2 Å². The minimum absolute atomic E-state index is 0.326. The highest BCUT2D eigenvalue weighted by Gasteiger charge is 2.26. The summed E-state index contributed by atoms with van der Waals surface area (Å²) in [5, 5.41) is 1.26. The number of fused-ring (bicyclic) bond motifs is 2. The van der Waals surface area contributed by atoms with Crippen LogP contribution in [0.3, 0.4) is 0 Å². The summed E-state index contributed by atoms with van der Waals surface area (Å²) in [6.45, 7) is 1.93. The molecule has 140 valence electrons. The van der Waals surface area contributed by atoms with Crippen LogP contribution in [0.25, 0.3) is 22.2 Å². The Balaban J connectivity index is 1.57. The minimum Gasteiger partial charge on any atom is -0.480 e. The third-order valence-corrected chi connectivity index (χ3v) is 5.50. The van der Waals surface area contributed by atoms with Crippen LogP contribution in [0.15, 0.2) is 60.9 Å². The molecular formula is C23H22N4O. The van der Waals surface area contributed by atoms with Gasteiger partial charge < -0.3 is 14.6 Å². The molecule has 0 saturated carbocycles. The van der Waals surface area contributed by atoms with Crippen molar-refractivity contribution in [3.05, 3.63) is 77.7 Å². The molecule has 2 aromatic carbocycles. The number of nitrogens with zero attached hydrogens (tertiary/aromatic N) is 3. The van der Waals surface area contributed by atoms with E-state index in [1.165, 1.54) is 27.7 Å². The van der Waals surface area contributed by atoms with Gasteiger partial charge in [0, 0.05) is 35.8 Å². The second kappa shape index (κ2) is 6.77. The van der Waals surface area contributed by atoms with E-state index in [0.717, 1.165) is 24.3 Å². The van der Waals surface area contributed by atoms with Gasteiger partial charge in [0.1, 0.15) is 0 Å². The van der Waals surface area contributed by atoms with Crippen LogP contribution in [0.5, 0.6) is 5.88 Å². The van der Waals surface area contributed by atoms with E-state index in [4.69, 9.17) is 4.74 Å². The standard InChI is InChI=1S/C23H22N4O/c1-27-13-17-9-16(22-11-24-12-23(26-22)28-2)7-8-18(17)19(14-27)21-10-15-5-3-4-6-20(15)25-21/h3-12,19,25H,13-14H2,1-2H3. The molecule has 28 heavy (non-hydrogen) atoms. The topological polar surface area (TPSA) is 54.0 Å². The zero-order valence-electron chi connectivity index (χ0n) is 16.0. The van der Waals surface area contributed by atoms with E-state index in [0.29, 0.717) is 11.8 Å². The van der Waals surface area contributed by atoms with Crippen LogP contribution in [0.1, 0.15) is 22.7 Å². The van der Waals surface area contributed by atoms with Crippen LogP contribution in [0.4, 0.5) is 0 Å². The lowest BCUT2D eigenvalue weighted by molar-refractivity contribution is 0.294. The fourth-order valence-electron chi connectivity index (χ4n) is 4.14. The molecule has 1 atom stereocenters. The summed E-state index contributed by atoms with van der Waals surface area (Å²) < 4.78 is 5.22. The van der Waals surface area contributed by atoms with Gasteiger partial charge in [0.2, 0.25) is 5.88 Å². The van der Waals surface area contributed by atoms with Crippen LogP contribution in [0, 0.1) is 0 Å². The van der Waals surface area contributed by atoms with E-state index in [9.17, 15) is 0 Å². The number of hydrogen-bond acceptors (Lipinski definition) is 4. The van der Waals surface area contributed by atoms with E-state index in [-0.39, 0.29) is 0 Å². The summed E-state index contributed by atoms with van der Waals surface area (Å²) in [7, 11) is 3.79. The van der Waals surface area contributed by atoms with Gasteiger partial charge in [-0.15, -0.1) is 0 Å². The van der Waals surface area contributed by atoms with Crippen LogP contribution < -0.4 is 4.74 Å². The Hall–Kier alpha value is -3.18. The quantitative estimate of drug-likeness (QED) is 0.587. The minimum atomic E-state index is 0.326. The van der Waals surface area contributed by atoms with Crippen molar-refractivity contribution in [2.75, 3.05) is 20.7 Å². The SMILES string of the molecule is COc1cncc(-c2ccc3c(c2)CN(C)CC3c2cc3ccccc3[nH]2)n1. The van der Waals surface area contributed by atoms with Crippen molar-refractivity contribution in [1.29, 1.82) is 0 Å². The highest BCUT2D eigenvalue weighted by Crippen LogP contribution is 2.36. The molecule has 4 aromatic rings. The third kappa shape index (κ3) is 2.94. The van der Waals surface area contributed by atoms with Crippen molar-refractivity contribution in [3.63, 3.8) is 0 Å². The third-order valence-electron chi connectivity index (χ3n) is 5.50. The summed E-state index contributed by atoms with van der Waals surface area (Å²) in [4.78, 5) is 14.8. The second-order valence-corrected chi connectivity index (χ2v) is 7.42. The number of hydrogen-bond donors (Lipinski definition) is 1. The number of nitrogens with one attached hydrogen (secondary N) is 1. The monoisotopic (exact) mass is 370 g/mol. The number of ether oxygens (including phenoxy) is 1. The molecule has 1 aliphatic heterocycles. The molecule has 5 nitrogen and oxygen atoms in total. The molecule has 0 radical (unpaired) electrons. The molecule has 0 bridgehead atoms. The van der Waals surface area contributed by atoms with Gasteiger partial charge in [0.15, 0.2) is 0 Å². The Bertz CT molecular complexity index is 1120. The Kier molecular flexibility index (Phi) is 4.10. The van der Waals surface area contributed by atoms with E-state index in [1.54, 1.807) is 19.5 Å². The fraction of sp³-hybridized carbons (Fsp3) is 0.217. The van der Waals surface area contributed by atoms with E-state index < -0.39 is 0 Å². The number of H-pyrrole nitrogens is 1. The van der Waals surface area contributed by atoms with Crippen molar-refractivity contribution in [2.45, 2.75) is 12.5 Å². The van der Waals surface area contributed by atoms with Crippen molar-refractivity contribution in [2.24, 2.45) is 0 Å². The summed E-state index contributed by atoms with van der Waals surface area (Å²) in [6, 6.07) is 17.4. The highest BCUT2D eigenvalue weighted by molar-refractivity contribution is 5.80. The molecule has 1 N–H and O–H groups in total. The van der Waals surface area contributed by atoms with Crippen LogP contribution >= 0.6 is 0 Å². The molecule has 0 fully saturated rings. The number of aromatic amines is 1. The second-order valence-electron chi connectivity index (χ2n) is 7.42. The first-order valence-electron chi connectivity index (χ1n) is 9.46. The molecule has 1 unspecified atom stereocenters. The number of likely N-dealkylation sites (N-methyl/N-ethyl adjacent to an activating group) is 1. The first kappa shape index (κ1) is 17.0. The Morgan fingerprint density at radius 3 is 2.86 bits per heavy atom. The molecule has 2 aromatic heterocycles. The van der Waals surface area contributed by atoms with E-state index in [1.807, 2.05) is 0 Å². The molecule has 0 spiro atoms. The number of para-hydroxylation sites is 1. The van der Waals surface area contributed by atoms with Crippen molar-refractivity contribution in [3.8, 4) is 17.1 Å². The molecule has 5 rings (SSSR count). The largest absolute Gasteiger partial charge is 0.480 e. The number of aromatic nitrogens is 3. The maximum Gasteiger partial charge on any atom is 0.232 e. The van der Waals surface area contributed by atoms with Gasteiger partial charge in [0.25, 0.3) is 0 Å². The van der Waals surface area contributed by atoms with E-state index in [2.05, 4.69) is 75.4 Å². The van der Waals surface area contributed by atoms with Crippen molar-refractivity contribution < 1.29 is 4.74 Å². The predicted octanol–water partition coefficient (Wildman–Crippen LogP) is 4.21. The van der Waals surface area contributed by atoms with Gasteiger partial charge in [-0.25, -0.2) is 4.98 Å². The van der Waals surface area contributed by atoms with Crippen LogP contribution in [-0.2, 0) is 6.54 Å². The van der Waals surface area contributed by atoms with Gasteiger partial charge >= 0.3 is 0 Å². The van der Waals surface area contributed by atoms with Gasteiger partial charge in [-0.05, 0) is 41.8 Å². The first-order valence-corrected chi connectivity index (χ1v) is 9.46. The summed E-state index contributed by atoms with van der Waals surface area (Å²) in [5.41, 5.74) is 7.07. The van der Waals surface area contributed by atoms with Crippen LogP contribution in [0.2, 0.25) is 0 Å². The molecule has 0 aliphatic carbocycles. The first-order chi connectivity index (χ1) is 13.7. The molecule has 5 heteroatoms. The molecular weight excluding hydrogens is 348 g/mol. The Labute approximate surface area is 164 Å². The fourth-order valence-corrected chi connectivity index (χ4v) is 4.14. The highest BCUT2D eigenvalue weighted by atomic mass is 16.5. The van der Waals surface area contributed by atoms with Crippen LogP contribution in [-0.4, -0.2) is 40.6 Å². The molecule has 1 aliphatic rings. The molecule has 0 saturated heterocycles. The van der Waals surface area contributed by atoms with Gasteiger partial charge in [-0.1, -0.05) is 30.3 Å². The number of rotatable bonds is 3. The van der Waals surface area contributed by atoms with Crippen molar-refractivity contribution >= 4 is 10.9 Å². The lowest BCUT2D eigenvalue weighted by Crippen LogP contribution is -2.31. The van der Waals surface area contributed by atoms with Gasteiger partial charge in [-0.2, -0.15) is 0 Å². The van der Waals surface area contributed by atoms with E-state index >= 15 is 0 Å². The smallest absolute Gasteiger partial charge is 0.232 e.